The largest absolute Gasteiger partial charge is 0.0985 e. The van der Waals surface area contributed by atoms with Crippen molar-refractivity contribution in [2.24, 2.45) is 0 Å². The second kappa shape index (κ2) is 10.1. The molecule has 2 aromatic carbocycles. The summed E-state index contributed by atoms with van der Waals surface area (Å²) in [5.41, 5.74) is 8.58. The van der Waals surface area contributed by atoms with Gasteiger partial charge < -0.3 is 0 Å². The molecule has 3 rings (SSSR count). The Balaban J connectivity index is 2.09. The number of hydrogen-bond donors (Lipinski definition) is 0. The van der Waals surface area contributed by atoms with Gasteiger partial charge in [0.15, 0.2) is 0 Å². The van der Waals surface area contributed by atoms with Gasteiger partial charge in [-0.05, 0) is 46.2 Å². The van der Waals surface area contributed by atoms with Crippen molar-refractivity contribution in [2.45, 2.75) is 83.5 Å². The van der Waals surface area contributed by atoms with E-state index in [4.69, 9.17) is 0 Å². The van der Waals surface area contributed by atoms with Crippen LogP contribution in [-0.4, -0.2) is 0 Å². The van der Waals surface area contributed by atoms with Gasteiger partial charge in [-0.1, -0.05) is 127 Å². The lowest BCUT2D eigenvalue weighted by Gasteiger charge is -2.33. The van der Waals surface area contributed by atoms with Gasteiger partial charge in [0.25, 0.3) is 0 Å². The van der Waals surface area contributed by atoms with Gasteiger partial charge in [-0.2, -0.15) is 0 Å². The molecule has 0 nitrogen and oxygen atoms in total. The predicted molar refractivity (Wildman–Crippen MR) is 130 cm³/mol. The summed E-state index contributed by atoms with van der Waals surface area (Å²) in [7, 11) is 0. The summed E-state index contributed by atoms with van der Waals surface area (Å²) in [6.07, 6.45) is 17.0. The second-order valence-corrected chi connectivity index (χ2v) is 8.72. The fourth-order valence-electron chi connectivity index (χ4n) is 5.16. The highest BCUT2D eigenvalue weighted by Crippen LogP contribution is 2.54. The number of unbranched alkanes of at least 4 members (excludes halogenated alkanes) is 6. The lowest BCUT2D eigenvalue weighted by Crippen LogP contribution is -2.25. The molecule has 0 heterocycles. The van der Waals surface area contributed by atoms with Crippen LogP contribution in [0.5, 0.6) is 0 Å². The first kappa shape index (κ1) is 21.6. The summed E-state index contributed by atoms with van der Waals surface area (Å²) < 4.78 is 0. The summed E-state index contributed by atoms with van der Waals surface area (Å²) in [5, 5.41) is 0. The fraction of sp³-hybridized carbons (Fsp3) is 0.448. The van der Waals surface area contributed by atoms with Gasteiger partial charge in [0.2, 0.25) is 0 Å². The van der Waals surface area contributed by atoms with Gasteiger partial charge in [-0.25, -0.2) is 0 Å². The third kappa shape index (κ3) is 4.42. The van der Waals surface area contributed by atoms with E-state index in [2.05, 4.69) is 63.4 Å². The molecule has 0 amide bonds. The van der Waals surface area contributed by atoms with Crippen molar-refractivity contribution >= 4 is 12.2 Å². The Labute approximate surface area is 178 Å². The predicted octanol–water partition coefficient (Wildman–Crippen LogP) is 9.18. The monoisotopic (exact) mass is 386 g/mol. The molecule has 1 aliphatic carbocycles. The maximum atomic E-state index is 4.04. The van der Waals surface area contributed by atoms with Crippen molar-refractivity contribution in [3.8, 4) is 11.1 Å². The van der Waals surface area contributed by atoms with Gasteiger partial charge in [-0.15, -0.1) is 0 Å². The Bertz CT molecular complexity index is 768. The van der Waals surface area contributed by atoms with Gasteiger partial charge in [-0.3, -0.25) is 0 Å². The van der Waals surface area contributed by atoms with Crippen LogP contribution < -0.4 is 0 Å². The minimum Gasteiger partial charge on any atom is -0.0985 e. The van der Waals surface area contributed by atoms with E-state index in [-0.39, 0.29) is 5.41 Å². The van der Waals surface area contributed by atoms with Crippen LogP contribution in [-0.2, 0) is 5.41 Å². The number of hydrogen-bond acceptors (Lipinski definition) is 0. The zero-order valence-electron chi connectivity index (χ0n) is 18.6. The molecule has 0 heteroatoms. The normalized spacial score (nSPS) is 13.7. The van der Waals surface area contributed by atoms with Gasteiger partial charge >= 0.3 is 0 Å². The maximum Gasteiger partial charge on any atom is 0.0215 e. The van der Waals surface area contributed by atoms with Crippen LogP contribution in [0.25, 0.3) is 23.3 Å². The molecule has 29 heavy (non-hydrogen) atoms. The molecule has 0 spiro atoms. The van der Waals surface area contributed by atoms with Crippen LogP contribution in [0.4, 0.5) is 0 Å². The molecule has 0 atom stereocenters. The SMILES string of the molecule is C=Cc1ccc2c(c1)C(CCCCCC)(CCCCCC)c1cc(C=C)ccc1-2. The van der Waals surface area contributed by atoms with Gasteiger partial charge in [0.05, 0.1) is 0 Å². The Morgan fingerprint density at radius 2 is 1.10 bits per heavy atom. The molecule has 1 aliphatic rings. The van der Waals surface area contributed by atoms with Gasteiger partial charge in [0, 0.05) is 5.41 Å². The van der Waals surface area contributed by atoms with E-state index in [0.717, 1.165) is 0 Å². The Kier molecular flexibility index (Phi) is 7.53. The molecule has 0 N–H and O–H groups in total. The molecular formula is C29H38. The number of benzene rings is 2. The lowest BCUT2D eigenvalue weighted by molar-refractivity contribution is 0.401. The highest BCUT2D eigenvalue weighted by atomic mass is 14.4. The average Bonchev–Trinajstić information content (AvgIpc) is 3.03. The quantitative estimate of drug-likeness (QED) is 0.319. The first-order valence-electron chi connectivity index (χ1n) is 11.7. The molecule has 0 aromatic heterocycles. The zero-order valence-corrected chi connectivity index (χ0v) is 18.6. The van der Waals surface area contributed by atoms with Crippen molar-refractivity contribution in [2.75, 3.05) is 0 Å². The van der Waals surface area contributed by atoms with Crippen LogP contribution in [0, 0.1) is 0 Å². The molecular weight excluding hydrogens is 348 g/mol. The third-order valence-electron chi connectivity index (χ3n) is 6.79. The van der Waals surface area contributed by atoms with E-state index in [0.29, 0.717) is 0 Å². The Morgan fingerprint density at radius 3 is 1.48 bits per heavy atom. The Hall–Kier alpha value is -2.08. The minimum absolute atomic E-state index is 0.143. The Morgan fingerprint density at radius 1 is 0.655 bits per heavy atom. The molecule has 154 valence electrons. The molecule has 0 saturated heterocycles. The van der Waals surface area contributed by atoms with Crippen molar-refractivity contribution in [3.05, 3.63) is 71.8 Å². The first-order valence-corrected chi connectivity index (χ1v) is 11.7. The number of fused-ring (bicyclic) bond motifs is 3. The smallest absolute Gasteiger partial charge is 0.0215 e. The standard InChI is InChI=1S/C29H38/c1-5-9-11-13-19-29(20-14-12-10-6-2)27-21-23(7-3)15-17-25(27)26-18-16-24(8-4)22-28(26)29/h7-8,15-18,21-22H,3-6,9-14,19-20H2,1-2H3. The molecule has 2 aromatic rings. The van der Waals surface area contributed by atoms with Crippen molar-refractivity contribution in [1.82, 2.24) is 0 Å². The van der Waals surface area contributed by atoms with E-state index in [1.54, 1.807) is 11.1 Å². The molecule has 0 bridgehead atoms. The van der Waals surface area contributed by atoms with Crippen molar-refractivity contribution in [3.63, 3.8) is 0 Å². The van der Waals surface area contributed by atoms with Crippen LogP contribution in [0.1, 0.15) is 100 Å². The number of rotatable bonds is 12. The third-order valence-corrected chi connectivity index (χ3v) is 6.79. The highest BCUT2D eigenvalue weighted by molar-refractivity contribution is 5.83. The summed E-state index contributed by atoms with van der Waals surface area (Å²) >= 11 is 0. The summed E-state index contributed by atoms with van der Waals surface area (Å²) in [4.78, 5) is 0. The van der Waals surface area contributed by atoms with Crippen LogP contribution in [0.3, 0.4) is 0 Å². The lowest BCUT2D eigenvalue weighted by atomic mass is 9.70. The molecule has 0 radical (unpaired) electrons. The van der Waals surface area contributed by atoms with E-state index < -0.39 is 0 Å². The minimum atomic E-state index is 0.143. The van der Waals surface area contributed by atoms with E-state index >= 15 is 0 Å². The highest BCUT2D eigenvalue weighted by Gasteiger charge is 2.42. The summed E-state index contributed by atoms with van der Waals surface area (Å²) in [5.74, 6) is 0. The topological polar surface area (TPSA) is 0 Å². The van der Waals surface area contributed by atoms with Crippen LogP contribution >= 0.6 is 0 Å². The average molecular weight is 387 g/mol. The summed E-state index contributed by atoms with van der Waals surface area (Å²) in [6.45, 7) is 12.7. The van der Waals surface area contributed by atoms with Crippen molar-refractivity contribution < 1.29 is 0 Å². The fourth-order valence-corrected chi connectivity index (χ4v) is 5.16. The molecule has 0 saturated carbocycles. The van der Waals surface area contributed by atoms with Crippen molar-refractivity contribution in [1.29, 1.82) is 0 Å². The van der Waals surface area contributed by atoms with Crippen LogP contribution in [0.15, 0.2) is 49.6 Å². The second-order valence-electron chi connectivity index (χ2n) is 8.72. The van der Waals surface area contributed by atoms with E-state index in [9.17, 15) is 0 Å². The van der Waals surface area contributed by atoms with E-state index in [1.807, 2.05) is 12.2 Å². The van der Waals surface area contributed by atoms with E-state index in [1.165, 1.54) is 86.5 Å². The molecule has 0 unspecified atom stereocenters. The molecule has 0 fully saturated rings. The van der Waals surface area contributed by atoms with Crippen LogP contribution in [0.2, 0.25) is 0 Å². The van der Waals surface area contributed by atoms with Gasteiger partial charge in [0.1, 0.15) is 0 Å². The first-order chi connectivity index (χ1) is 14.2. The zero-order chi connectivity index (χ0) is 20.7. The molecule has 0 aliphatic heterocycles. The summed E-state index contributed by atoms with van der Waals surface area (Å²) in [6, 6.07) is 14.0. The maximum absolute atomic E-state index is 4.04.